The van der Waals surface area contributed by atoms with Gasteiger partial charge in [-0.2, -0.15) is 0 Å². The molecule has 0 bridgehead atoms. The zero-order valence-corrected chi connectivity index (χ0v) is 13.4. The molecule has 0 heterocycles. The molecule has 0 spiro atoms. The van der Waals surface area contributed by atoms with Gasteiger partial charge in [0.25, 0.3) is 0 Å². The topological polar surface area (TPSA) is 0 Å². The molecule has 0 nitrogen and oxygen atoms in total. The van der Waals surface area contributed by atoms with E-state index in [-0.39, 0.29) is 0 Å². The van der Waals surface area contributed by atoms with Gasteiger partial charge >= 0.3 is 0 Å². The number of fused-ring (bicyclic) bond motifs is 1. The van der Waals surface area contributed by atoms with E-state index in [1.807, 2.05) is 13.8 Å². The molecule has 0 aliphatic carbocycles. The third kappa shape index (κ3) is 6.42. The first-order valence-corrected chi connectivity index (χ1v) is 7.80. The molecular weight excluding hydrogens is 228 g/mol. The highest BCUT2D eigenvalue weighted by Gasteiger charge is 1.95. The predicted molar refractivity (Wildman–Crippen MR) is 89.9 cm³/mol. The van der Waals surface area contributed by atoms with Crippen LogP contribution in [0.25, 0.3) is 10.8 Å². The molecular formula is C19H30. The summed E-state index contributed by atoms with van der Waals surface area (Å²) in [6, 6.07) is 15.0. The molecule has 0 N–H and O–H groups in total. The fourth-order valence-corrected chi connectivity index (χ4v) is 1.95. The summed E-state index contributed by atoms with van der Waals surface area (Å²) in [7, 11) is 0. The van der Waals surface area contributed by atoms with E-state index in [9.17, 15) is 0 Å². The van der Waals surface area contributed by atoms with Crippen molar-refractivity contribution >= 4 is 10.8 Å². The first kappa shape index (κ1) is 17.7. The Bertz CT molecular complexity index is 421. The summed E-state index contributed by atoms with van der Waals surface area (Å²) >= 11 is 0. The molecule has 0 aliphatic rings. The van der Waals surface area contributed by atoms with Crippen LogP contribution in [-0.2, 0) is 6.42 Å². The quantitative estimate of drug-likeness (QED) is 0.580. The molecule has 0 fully saturated rings. The number of benzene rings is 2. The molecule has 0 saturated heterocycles. The third-order valence-corrected chi connectivity index (χ3v) is 2.97. The first-order valence-electron chi connectivity index (χ1n) is 7.80. The lowest BCUT2D eigenvalue weighted by Gasteiger charge is -2.02. The number of hydrogen-bond acceptors (Lipinski definition) is 0. The second kappa shape index (κ2) is 11.8. The number of unbranched alkanes of at least 4 members (excludes halogenated alkanes) is 2. The summed E-state index contributed by atoms with van der Waals surface area (Å²) in [6.07, 6.45) is 5.19. The van der Waals surface area contributed by atoms with Crippen molar-refractivity contribution in [3.05, 3.63) is 48.0 Å². The van der Waals surface area contributed by atoms with E-state index in [4.69, 9.17) is 0 Å². The van der Waals surface area contributed by atoms with Gasteiger partial charge in [0.1, 0.15) is 0 Å². The van der Waals surface area contributed by atoms with Crippen molar-refractivity contribution in [3.63, 3.8) is 0 Å². The van der Waals surface area contributed by atoms with Gasteiger partial charge in [-0.25, -0.2) is 0 Å². The molecule has 2 aromatic carbocycles. The lowest BCUT2D eigenvalue weighted by Crippen LogP contribution is -1.81. The molecule has 2 rings (SSSR count). The summed E-state index contributed by atoms with van der Waals surface area (Å²) in [5.41, 5.74) is 1.44. The molecule has 0 aromatic heterocycles. The average Bonchev–Trinajstić information content (AvgIpc) is 2.50. The van der Waals surface area contributed by atoms with Crippen LogP contribution < -0.4 is 0 Å². The molecule has 0 saturated carbocycles. The zero-order valence-electron chi connectivity index (χ0n) is 13.4. The van der Waals surface area contributed by atoms with Gasteiger partial charge in [0.15, 0.2) is 0 Å². The molecule has 2 aromatic rings. The van der Waals surface area contributed by atoms with Crippen LogP contribution in [-0.4, -0.2) is 0 Å². The van der Waals surface area contributed by atoms with Crippen LogP contribution in [0.1, 0.15) is 59.4 Å². The molecule has 0 aliphatic heterocycles. The van der Waals surface area contributed by atoms with Crippen LogP contribution in [0, 0.1) is 0 Å². The van der Waals surface area contributed by atoms with Crippen molar-refractivity contribution in [2.24, 2.45) is 0 Å². The van der Waals surface area contributed by atoms with Crippen LogP contribution in [0.4, 0.5) is 0 Å². The summed E-state index contributed by atoms with van der Waals surface area (Å²) in [5.74, 6) is 0. The second-order valence-electron chi connectivity index (χ2n) is 4.35. The predicted octanol–water partition coefficient (Wildman–Crippen LogP) is 6.62. The van der Waals surface area contributed by atoms with Gasteiger partial charge < -0.3 is 0 Å². The number of aryl methyl sites for hydroxylation is 1. The summed E-state index contributed by atoms with van der Waals surface area (Å²) in [6.45, 7) is 10.6. The minimum Gasteiger partial charge on any atom is -0.0683 e. The Morgan fingerprint density at radius 2 is 1.32 bits per heavy atom. The molecule has 0 amide bonds. The van der Waals surface area contributed by atoms with Crippen LogP contribution >= 0.6 is 0 Å². The smallest absolute Gasteiger partial charge is 0.0152 e. The van der Waals surface area contributed by atoms with Crippen molar-refractivity contribution < 1.29 is 0 Å². The Kier molecular flexibility index (Phi) is 11.0. The highest BCUT2D eigenvalue weighted by Crippen LogP contribution is 2.18. The van der Waals surface area contributed by atoms with Crippen LogP contribution in [0.5, 0.6) is 0 Å². The zero-order chi connectivity index (χ0) is 14.5. The molecule has 0 unspecified atom stereocenters. The van der Waals surface area contributed by atoms with Crippen LogP contribution in [0.2, 0.25) is 0 Å². The van der Waals surface area contributed by atoms with Crippen molar-refractivity contribution in [2.45, 2.75) is 60.3 Å². The van der Waals surface area contributed by atoms with Crippen molar-refractivity contribution in [1.82, 2.24) is 0 Å². The molecule has 0 heteroatoms. The summed E-state index contributed by atoms with van der Waals surface area (Å²) < 4.78 is 0. The first-order chi connectivity index (χ1) is 9.33. The van der Waals surface area contributed by atoms with E-state index in [0.717, 1.165) is 6.42 Å². The van der Waals surface area contributed by atoms with Gasteiger partial charge in [-0.3, -0.25) is 0 Å². The molecule has 0 radical (unpaired) electrons. The summed E-state index contributed by atoms with van der Waals surface area (Å²) in [4.78, 5) is 0. The lowest BCUT2D eigenvalue weighted by atomic mass is 10.0. The second-order valence-corrected chi connectivity index (χ2v) is 4.35. The Hall–Kier alpha value is -1.30. The van der Waals surface area contributed by atoms with E-state index in [1.165, 1.54) is 35.6 Å². The minimum absolute atomic E-state index is 1.11. The van der Waals surface area contributed by atoms with Gasteiger partial charge in [0.2, 0.25) is 0 Å². The maximum absolute atomic E-state index is 2.21. The van der Waals surface area contributed by atoms with E-state index in [1.54, 1.807) is 0 Å². The lowest BCUT2D eigenvalue weighted by molar-refractivity contribution is 0.772. The SMILES string of the molecule is CC.CCCCC.CCc1cccc2ccccc12. The van der Waals surface area contributed by atoms with Crippen LogP contribution in [0.15, 0.2) is 42.5 Å². The van der Waals surface area contributed by atoms with Crippen LogP contribution in [0.3, 0.4) is 0 Å². The van der Waals surface area contributed by atoms with E-state index in [2.05, 4.69) is 63.2 Å². The Balaban J connectivity index is 0.000000396. The largest absolute Gasteiger partial charge is 0.0683 e. The van der Waals surface area contributed by atoms with Gasteiger partial charge in [-0.1, -0.05) is 96.3 Å². The van der Waals surface area contributed by atoms with E-state index in [0.29, 0.717) is 0 Å². The molecule has 0 atom stereocenters. The third-order valence-electron chi connectivity index (χ3n) is 2.97. The monoisotopic (exact) mass is 258 g/mol. The average molecular weight is 258 g/mol. The van der Waals surface area contributed by atoms with Gasteiger partial charge in [0, 0.05) is 0 Å². The van der Waals surface area contributed by atoms with Crippen molar-refractivity contribution in [2.75, 3.05) is 0 Å². The maximum atomic E-state index is 2.21. The maximum Gasteiger partial charge on any atom is -0.0152 e. The Morgan fingerprint density at radius 3 is 1.84 bits per heavy atom. The van der Waals surface area contributed by atoms with Gasteiger partial charge in [-0.15, -0.1) is 0 Å². The van der Waals surface area contributed by atoms with Crippen molar-refractivity contribution in [1.29, 1.82) is 0 Å². The Morgan fingerprint density at radius 1 is 0.737 bits per heavy atom. The molecule has 19 heavy (non-hydrogen) atoms. The standard InChI is InChI=1S/C12H12.C5H12.C2H6/c1-2-10-7-5-8-11-6-3-4-9-12(10)11;1-3-5-4-2;1-2/h3-9H,2H2,1H3;3-5H2,1-2H3;1-2H3. The Labute approximate surface area is 119 Å². The fourth-order valence-electron chi connectivity index (χ4n) is 1.95. The summed E-state index contributed by atoms with van der Waals surface area (Å²) in [5, 5.41) is 2.74. The van der Waals surface area contributed by atoms with E-state index >= 15 is 0 Å². The minimum atomic E-state index is 1.11. The fraction of sp³-hybridized carbons (Fsp3) is 0.474. The normalized spacial score (nSPS) is 9.11. The highest BCUT2D eigenvalue weighted by atomic mass is 14.0. The van der Waals surface area contributed by atoms with Crippen molar-refractivity contribution in [3.8, 4) is 0 Å². The van der Waals surface area contributed by atoms with Gasteiger partial charge in [0.05, 0.1) is 0 Å². The number of rotatable bonds is 3. The molecule has 106 valence electrons. The van der Waals surface area contributed by atoms with Gasteiger partial charge in [-0.05, 0) is 22.8 Å². The highest BCUT2D eigenvalue weighted by molar-refractivity contribution is 5.85. The van der Waals surface area contributed by atoms with E-state index < -0.39 is 0 Å². The number of hydrogen-bond donors (Lipinski definition) is 0.